The maximum atomic E-state index is 13.3. The summed E-state index contributed by atoms with van der Waals surface area (Å²) < 4.78 is 39.8. The molecule has 0 spiro atoms. The van der Waals surface area contributed by atoms with Gasteiger partial charge < -0.3 is 0 Å². The zero-order valence-corrected chi connectivity index (χ0v) is 12.2. The van der Waals surface area contributed by atoms with Crippen LogP contribution in [0.5, 0.6) is 0 Å². The van der Waals surface area contributed by atoms with E-state index in [9.17, 15) is 22.8 Å². The number of nitrogens with zero attached hydrogens (tertiary/aromatic N) is 2. The van der Waals surface area contributed by atoms with Gasteiger partial charge in [-0.3, -0.25) is 14.6 Å². The molecular formula is C16H11F3N2O2. The molecule has 118 valence electrons. The van der Waals surface area contributed by atoms with E-state index in [-0.39, 0.29) is 16.8 Å². The fourth-order valence-corrected chi connectivity index (χ4v) is 2.63. The number of hydrogen-bond donors (Lipinski definition) is 0. The molecule has 0 atom stereocenters. The average molecular weight is 320 g/mol. The molecule has 0 bridgehead atoms. The van der Waals surface area contributed by atoms with Crippen molar-refractivity contribution in [3.8, 4) is 0 Å². The molecule has 2 amide bonds. The van der Waals surface area contributed by atoms with E-state index in [1.54, 1.807) is 19.1 Å². The summed E-state index contributed by atoms with van der Waals surface area (Å²) in [4.78, 5) is 29.3. The number of imide groups is 1. The van der Waals surface area contributed by atoms with Crippen molar-refractivity contribution in [2.45, 2.75) is 20.0 Å². The highest BCUT2D eigenvalue weighted by Gasteiger charge is 2.43. The van der Waals surface area contributed by atoms with Crippen LogP contribution in [0, 0.1) is 13.8 Å². The van der Waals surface area contributed by atoms with Gasteiger partial charge in [0.2, 0.25) is 0 Å². The fourth-order valence-electron chi connectivity index (χ4n) is 2.63. The van der Waals surface area contributed by atoms with Gasteiger partial charge in [0.25, 0.3) is 11.8 Å². The van der Waals surface area contributed by atoms with Crippen LogP contribution in [0.15, 0.2) is 30.5 Å². The number of aromatic nitrogens is 1. The number of aryl methyl sites for hydroxylation is 2. The van der Waals surface area contributed by atoms with E-state index in [1.165, 1.54) is 13.0 Å². The lowest BCUT2D eigenvalue weighted by Gasteiger charge is -2.19. The van der Waals surface area contributed by atoms with E-state index in [2.05, 4.69) is 4.98 Å². The van der Waals surface area contributed by atoms with Gasteiger partial charge in [0, 0.05) is 5.69 Å². The van der Waals surface area contributed by atoms with Crippen molar-refractivity contribution in [3.63, 3.8) is 0 Å². The Balaban J connectivity index is 2.21. The van der Waals surface area contributed by atoms with Crippen molar-refractivity contribution in [2.75, 3.05) is 4.90 Å². The van der Waals surface area contributed by atoms with Gasteiger partial charge in [-0.2, -0.15) is 13.2 Å². The standard InChI is InChI=1S/C16H11F3N2O2/c1-8-4-3-5-10-13(8)15(23)21(14(10)22)12-7-20-9(2)6-11(12)16(17,18)19/h3-7H,1-2H3. The van der Waals surface area contributed by atoms with E-state index in [0.29, 0.717) is 10.5 Å². The molecule has 2 heterocycles. The van der Waals surface area contributed by atoms with Gasteiger partial charge in [-0.15, -0.1) is 0 Å². The van der Waals surface area contributed by atoms with E-state index in [1.807, 2.05) is 0 Å². The zero-order chi connectivity index (χ0) is 16.9. The van der Waals surface area contributed by atoms with Crippen LogP contribution in [-0.4, -0.2) is 16.8 Å². The maximum Gasteiger partial charge on any atom is 0.418 e. The second-order valence-electron chi connectivity index (χ2n) is 5.28. The third-order valence-corrected chi connectivity index (χ3v) is 3.69. The number of halogens is 3. The lowest BCUT2D eigenvalue weighted by Crippen LogP contribution is -2.32. The predicted molar refractivity (Wildman–Crippen MR) is 76.3 cm³/mol. The summed E-state index contributed by atoms with van der Waals surface area (Å²) in [5, 5.41) is 0. The van der Waals surface area contributed by atoms with E-state index >= 15 is 0 Å². The Morgan fingerprint density at radius 2 is 1.78 bits per heavy atom. The van der Waals surface area contributed by atoms with Crippen molar-refractivity contribution < 1.29 is 22.8 Å². The van der Waals surface area contributed by atoms with Crippen molar-refractivity contribution in [1.29, 1.82) is 0 Å². The molecule has 1 aromatic carbocycles. The SMILES string of the molecule is Cc1cc(C(F)(F)F)c(N2C(=O)c3cccc(C)c3C2=O)cn1. The number of carbonyl (C=O) groups is 2. The number of anilines is 1. The second kappa shape index (κ2) is 4.91. The summed E-state index contributed by atoms with van der Waals surface area (Å²) in [6.07, 6.45) is -3.79. The smallest absolute Gasteiger partial charge is 0.268 e. The number of benzene rings is 1. The predicted octanol–water partition coefficient (Wildman–Crippen LogP) is 3.52. The number of amides is 2. The number of alkyl halides is 3. The molecular weight excluding hydrogens is 309 g/mol. The molecule has 1 aliphatic heterocycles. The number of pyridine rings is 1. The molecule has 2 aromatic rings. The molecule has 4 nitrogen and oxygen atoms in total. The van der Waals surface area contributed by atoms with Crippen LogP contribution in [0.3, 0.4) is 0 Å². The molecule has 23 heavy (non-hydrogen) atoms. The van der Waals surface area contributed by atoms with Crippen LogP contribution in [0.25, 0.3) is 0 Å². The third kappa shape index (κ3) is 2.28. The highest BCUT2D eigenvalue weighted by Crippen LogP contribution is 2.39. The molecule has 1 aromatic heterocycles. The molecule has 0 fully saturated rings. The Morgan fingerprint density at radius 3 is 2.39 bits per heavy atom. The topological polar surface area (TPSA) is 50.3 Å². The van der Waals surface area contributed by atoms with Crippen molar-refractivity contribution >= 4 is 17.5 Å². The normalized spacial score (nSPS) is 14.4. The summed E-state index contributed by atoms with van der Waals surface area (Å²) in [7, 11) is 0. The lowest BCUT2D eigenvalue weighted by molar-refractivity contribution is -0.137. The van der Waals surface area contributed by atoms with Crippen LogP contribution in [-0.2, 0) is 6.18 Å². The molecule has 0 unspecified atom stereocenters. The lowest BCUT2D eigenvalue weighted by atomic mass is 10.0. The summed E-state index contributed by atoms with van der Waals surface area (Å²) in [6.45, 7) is 3.04. The van der Waals surface area contributed by atoms with Crippen LogP contribution < -0.4 is 4.90 Å². The monoisotopic (exact) mass is 320 g/mol. The van der Waals surface area contributed by atoms with Gasteiger partial charge in [-0.05, 0) is 31.5 Å². The van der Waals surface area contributed by atoms with Gasteiger partial charge in [0.05, 0.1) is 28.6 Å². The average Bonchev–Trinajstić information content (AvgIpc) is 2.71. The number of hydrogen-bond acceptors (Lipinski definition) is 3. The van der Waals surface area contributed by atoms with Gasteiger partial charge in [-0.25, -0.2) is 4.90 Å². The Bertz CT molecular complexity index is 844. The summed E-state index contributed by atoms with van der Waals surface area (Å²) in [5.74, 6) is -1.54. The first-order chi connectivity index (χ1) is 10.7. The zero-order valence-electron chi connectivity index (χ0n) is 12.2. The molecule has 0 saturated heterocycles. The largest absolute Gasteiger partial charge is 0.418 e. The van der Waals surface area contributed by atoms with Gasteiger partial charge in [0.1, 0.15) is 0 Å². The van der Waals surface area contributed by atoms with Gasteiger partial charge >= 0.3 is 6.18 Å². The van der Waals surface area contributed by atoms with Crippen molar-refractivity contribution in [3.05, 3.63) is 58.4 Å². The van der Waals surface area contributed by atoms with Crippen molar-refractivity contribution in [2.24, 2.45) is 0 Å². The van der Waals surface area contributed by atoms with Crippen LogP contribution >= 0.6 is 0 Å². The quantitative estimate of drug-likeness (QED) is 0.756. The van der Waals surface area contributed by atoms with Crippen molar-refractivity contribution in [1.82, 2.24) is 4.98 Å². The Hall–Kier alpha value is -2.70. The first kappa shape index (κ1) is 15.2. The summed E-state index contributed by atoms with van der Waals surface area (Å²) in [5.41, 5.74) is -0.688. The van der Waals surface area contributed by atoms with E-state index in [0.717, 1.165) is 12.3 Å². The highest BCUT2D eigenvalue weighted by atomic mass is 19.4. The first-order valence-corrected chi connectivity index (χ1v) is 6.74. The molecule has 3 rings (SSSR count). The highest BCUT2D eigenvalue weighted by molar-refractivity contribution is 6.35. The summed E-state index contributed by atoms with van der Waals surface area (Å²) in [6, 6.07) is 5.47. The number of fused-ring (bicyclic) bond motifs is 1. The molecule has 0 N–H and O–H groups in total. The minimum absolute atomic E-state index is 0.101. The first-order valence-electron chi connectivity index (χ1n) is 6.74. The Morgan fingerprint density at radius 1 is 1.09 bits per heavy atom. The van der Waals surface area contributed by atoms with Crippen LogP contribution in [0.4, 0.5) is 18.9 Å². The van der Waals surface area contributed by atoms with Crippen LogP contribution in [0.2, 0.25) is 0 Å². The molecule has 0 aliphatic carbocycles. The van der Waals surface area contributed by atoms with E-state index in [4.69, 9.17) is 0 Å². The minimum Gasteiger partial charge on any atom is -0.268 e. The van der Waals surface area contributed by atoms with Gasteiger partial charge in [0.15, 0.2) is 0 Å². The third-order valence-electron chi connectivity index (χ3n) is 3.69. The molecule has 0 saturated carbocycles. The molecule has 7 heteroatoms. The molecule has 0 radical (unpaired) electrons. The Kier molecular flexibility index (Phi) is 3.24. The number of rotatable bonds is 1. The minimum atomic E-state index is -4.70. The second-order valence-corrected chi connectivity index (χ2v) is 5.28. The van der Waals surface area contributed by atoms with Crippen LogP contribution in [0.1, 0.15) is 37.5 Å². The fraction of sp³-hybridized carbons (Fsp3) is 0.188. The van der Waals surface area contributed by atoms with E-state index < -0.39 is 29.2 Å². The Labute approximate surface area is 129 Å². The molecule has 1 aliphatic rings. The maximum absolute atomic E-state index is 13.3. The van der Waals surface area contributed by atoms with Gasteiger partial charge in [-0.1, -0.05) is 12.1 Å². The summed E-state index contributed by atoms with van der Waals surface area (Å²) >= 11 is 0. The number of carbonyl (C=O) groups excluding carboxylic acids is 2.